The van der Waals surface area contributed by atoms with Gasteiger partial charge in [0.25, 0.3) is 0 Å². The molecule has 2 atom stereocenters. The summed E-state index contributed by atoms with van der Waals surface area (Å²) < 4.78 is 36.5. The van der Waals surface area contributed by atoms with Gasteiger partial charge in [-0.3, -0.25) is 0 Å². The molecule has 3 N–H and O–H groups in total. The number of rotatable bonds is 18. The summed E-state index contributed by atoms with van der Waals surface area (Å²) in [6, 6.07) is 49.8. The number of hydrogen-bond acceptors (Lipinski definition) is 12. The Balaban J connectivity index is 1.53. The second kappa shape index (κ2) is 19.9. The van der Waals surface area contributed by atoms with Gasteiger partial charge in [-0.05, 0) is 90.6 Å². The van der Waals surface area contributed by atoms with Crippen LogP contribution in [0.2, 0.25) is 0 Å². The van der Waals surface area contributed by atoms with Gasteiger partial charge in [-0.1, -0.05) is 109 Å². The highest BCUT2D eigenvalue weighted by molar-refractivity contribution is 7.78. The lowest BCUT2D eigenvalue weighted by molar-refractivity contribution is 0.0536. The predicted octanol–water partition coefficient (Wildman–Crippen LogP) is 9.91. The third-order valence-electron chi connectivity index (χ3n) is 8.31. The lowest BCUT2D eigenvalue weighted by Gasteiger charge is -2.44. The summed E-state index contributed by atoms with van der Waals surface area (Å²) in [6.07, 6.45) is 0.856. The third-order valence-corrected chi connectivity index (χ3v) is 15.1. The zero-order valence-corrected chi connectivity index (χ0v) is 33.5. The molecule has 0 bridgehead atoms. The van der Waals surface area contributed by atoms with E-state index >= 15 is 0 Å². The van der Waals surface area contributed by atoms with Gasteiger partial charge in [-0.2, -0.15) is 0 Å². The van der Waals surface area contributed by atoms with Crippen LogP contribution >= 0.6 is 24.6 Å². The Morgan fingerprint density at radius 1 is 0.456 bits per heavy atom. The van der Waals surface area contributed by atoms with Crippen molar-refractivity contribution in [2.75, 3.05) is 19.8 Å². The van der Waals surface area contributed by atoms with Crippen LogP contribution in [-0.2, 0) is 19.3 Å². The molecule has 0 spiro atoms. The van der Waals surface area contributed by atoms with Crippen LogP contribution in [0.5, 0.6) is 34.5 Å². The van der Waals surface area contributed by atoms with Crippen LogP contribution < -0.4 is 27.8 Å². The molecule has 0 radical (unpaired) electrons. The maximum Gasteiger partial charge on any atom is 0.447 e. The van der Waals surface area contributed by atoms with Gasteiger partial charge in [0.15, 0.2) is 5.75 Å². The van der Waals surface area contributed by atoms with E-state index in [9.17, 15) is 15.3 Å². The first-order valence-corrected chi connectivity index (χ1v) is 22.1. The molecule has 57 heavy (non-hydrogen) atoms. The molecule has 0 saturated carbocycles. The summed E-state index contributed by atoms with van der Waals surface area (Å²) in [6.45, 7) is -0.398. The lowest BCUT2D eigenvalue weighted by atomic mass is 10.1. The van der Waals surface area contributed by atoms with Crippen molar-refractivity contribution in [3.05, 3.63) is 180 Å². The van der Waals surface area contributed by atoms with Gasteiger partial charge in [0, 0.05) is 29.0 Å². The van der Waals surface area contributed by atoms with Crippen molar-refractivity contribution in [2.24, 2.45) is 4.52 Å². The quantitative estimate of drug-likeness (QED) is 0.0715. The monoisotopic (exact) mass is 825 g/mol. The molecule has 294 valence electrons. The highest BCUT2D eigenvalue weighted by atomic mass is 31.3. The van der Waals surface area contributed by atoms with E-state index < -0.39 is 24.6 Å². The Morgan fingerprint density at radius 2 is 0.860 bits per heavy atom. The number of para-hydroxylation sites is 6. The first-order valence-electron chi connectivity index (χ1n) is 18.2. The van der Waals surface area contributed by atoms with Gasteiger partial charge in [0.2, 0.25) is 0 Å². The van der Waals surface area contributed by atoms with Crippen LogP contribution in [-0.4, -0.2) is 44.3 Å². The van der Waals surface area contributed by atoms with E-state index in [1.54, 1.807) is 22.8 Å². The minimum absolute atomic E-state index is 0.129. The number of hydrogen-bond donors (Lipinski definition) is 3. The summed E-state index contributed by atoms with van der Waals surface area (Å²) in [4.78, 5) is 13.7. The second-order valence-corrected chi connectivity index (χ2v) is 17.8. The fourth-order valence-electron chi connectivity index (χ4n) is 5.63. The molecule has 1 aliphatic heterocycles. The number of nitrogens with zero attached hydrogens (tertiary/aromatic N) is 3. The maximum absolute atomic E-state index is 10.1. The van der Waals surface area contributed by atoms with Crippen LogP contribution in [0.1, 0.15) is 16.7 Å². The average Bonchev–Trinajstić information content (AvgIpc) is 3.24. The van der Waals surface area contributed by atoms with Crippen LogP contribution in [0, 0.1) is 0 Å². The first-order chi connectivity index (χ1) is 28.1. The smallest absolute Gasteiger partial charge is 0.440 e. The van der Waals surface area contributed by atoms with Gasteiger partial charge in [-0.25, -0.2) is 0 Å². The summed E-state index contributed by atoms with van der Waals surface area (Å²) in [7, 11) is -8.63. The zero-order chi connectivity index (χ0) is 39.3. The topological polar surface area (TPSA) is 135 Å². The van der Waals surface area contributed by atoms with E-state index in [2.05, 4.69) is 0 Å². The molecule has 12 nitrogen and oxygen atoms in total. The fraction of sp³-hybridized carbons (Fsp3) is 0.143. The molecule has 6 aromatic rings. The van der Waals surface area contributed by atoms with Crippen molar-refractivity contribution in [2.45, 2.75) is 19.3 Å². The zero-order valence-electron chi connectivity index (χ0n) is 30.8. The lowest BCUT2D eigenvalue weighted by Crippen LogP contribution is -2.37. The average molecular weight is 826 g/mol. The van der Waals surface area contributed by atoms with E-state index in [4.69, 9.17) is 32.3 Å². The molecule has 15 heteroatoms. The molecule has 2 unspecified atom stereocenters. The fourth-order valence-corrected chi connectivity index (χ4v) is 13.2. The van der Waals surface area contributed by atoms with E-state index in [0.29, 0.717) is 57.6 Å². The normalized spacial score (nSPS) is 16.5. The molecule has 0 amide bonds. The van der Waals surface area contributed by atoms with Gasteiger partial charge in [0.1, 0.15) is 28.7 Å². The van der Waals surface area contributed by atoms with Crippen LogP contribution in [0.3, 0.4) is 0 Å². The van der Waals surface area contributed by atoms with Crippen molar-refractivity contribution >= 4 is 24.6 Å². The van der Waals surface area contributed by atoms with Crippen LogP contribution in [0.25, 0.3) is 0 Å². The summed E-state index contributed by atoms with van der Waals surface area (Å²) >= 11 is 0. The Hall–Kier alpha value is -4.99. The standard InChI is InChI=1S/C42H42N3O9P3/c46-31-28-34-16-10-13-25-40(34)50-45-56(52-39-23-8-3-9-24-39)44(49-37-19-4-1-5-20-37)55(51-38-21-6-2-7-22-38)43-57(45,53-41-26-14-11-17-35(41)29-32-47)54-42-27-15-12-18-36(42)30-33-48/h1-27,46-48H,28-33H2. The Kier molecular flexibility index (Phi) is 14.1. The molecule has 0 aliphatic carbocycles. The molecule has 7 rings (SSSR count). The maximum atomic E-state index is 10.1. The highest BCUT2D eigenvalue weighted by Crippen LogP contribution is 2.78. The predicted molar refractivity (Wildman–Crippen MR) is 222 cm³/mol. The van der Waals surface area contributed by atoms with Crippen molar-refractivity contribution in [3.8, 4) is 34.5 Å². The van der Waals surface area contributed by atoms with Crippen molar-refractivity contribution in [1.82, 2.24) is 9.21 Å². The minimum Gasteiger partial charge on any atom is -0.440 e. The molecule has 0 aromatic heterocycles. The van der Waals surface area contributed by atoms with E-state index in [0.717, 1.165) is 0 Å². The van der Waals surface area contributed by atoms with Crippen LogP contribution in [0.15, 0.2) is 168 Å². The van der Waals surface area contributed by atoms with E-state index in [1.807, 2.05) is 146 Å². The molecular formula is C42H42N3O9P3. The second-order valence-electron chi connectivity index (χ2n) is 12.3. The van der Waals surface area contributed by atoms with Crippen molar-refractivity contribution < 1.29 is 43.1 Å². The molecule has 6 aromatic carbocycles. The Morgan fingerprint density at radius 3 is 1.35 bits per heavy atom. The van der Waals surface area contributed by atoms with Crippen molar-refractivity contribution in [3.63, 3.8) is 0 Å². The van der Waals surface area contributed by atoms with Gasteiger partial charge >= 0.3 is 24.6 Å². The number of benzene rings is 6. The molecular weight excluding hydrogens is 783 g/mol. The minimum atomic E-state index is -4.08. The highest BCUT2D eigenvalue weighted by Gasteiger charge is 2.58. The summed E-state index contributed by atoms with van der Waals surface area (Å²) in [5.41, 5.74) is 2.11. The summed E-state index contributed by atoms with van der Waals surface area (Å²) in [5.74, 6) is 2.65. The molecule has 1 heterocycles. The number of aliphatic hydroxyl groups excluding tert-OH is 3. The molecule has 1 aliphatic rings. The third kappa shape index (κ3) is 10.1. The SMILES string of the molecule is OCCc1ccccc1ON1P(Oc2ccccc2)N(Oc2ccccc2)P(Oc2ccccc2)N=P1(Oc1ccccc1CCO)Oc1ccccc1CCO. The molecule has 0 fully saturated rings. The van der Waals surface area contributed by atoms with Crippen molar-refractivity contribution in [1.29, 1.82) is 0 Å². The van der Waals surface area contributed by atoms with Gasteiger partial charge < -0.3 is 43.1 Å². The van der Waals surface area contributed by atoms with Gasteiger partial charge in [0.05, 0.1) is 0 Å². The summed E-state index contributed by atoms with van der Waals surface area (Å²) in [5, 5.41) is 30.3. The van der Waals surface area contributed by atoms with Gasteiger partial charge in [-0.15, -0.1) is 4.52 Å². The Bertz CT molecular complexity index is 2170. The van der Waals surface area contributed by atoms with E-state index in [1.165, 1.54) is 4.60 Å². The Labute approximate surface area is 334 Å². The first kappa shape index (κ1) is 40.2. The van der Waals surface area contributed by atoms with E-state index in [-0.39, 0.29) is 32.7 Å². The largest absolute Gasteiger partial charge is 0.447 e. The molecule has 0 saturated heterocycles. The van der Waals surface area contributed by atoms with Crippen LogP contribution in [0.4, 0.5) is 0 Å². The number of aliphatic hydroxyl groups is 3.